The largest absolute Gasteiger partial charge is 0.309 e. The molecule has 0 aliphatic rings. The molecule has 0 radical (unpaired) electrons. The summed E-state index contributed by atoms with van der Waals surface area (Å²) >= 11 is 0. The van der Waals surface area contributed by atoms with Gasteiger partial charge in [0.2, 0.25) is 0 Å². The first kappa shape index (κ1) is 12.8. The van der Waals surface area contributed by atoms with E-state index in [0.29, 0.717) is 0 Å². The fourth-order valence-corrected chi connectivity index (χ4v) is 2.16. The molecule has 1 aromatic carbocycles. The van der Waals surface area contributed by atoms with Gasteiger partial charge in [-0.1, -0.05) is 42.5 Å². The lowest BCUT2D eigenvalue weighted by molar-refractivity contribution is 0.487. The van der Waals surface area contributed by atoms with Crippen LogP contribution in [0.15, 0.2) is 36.5 Å². The zero-order valence-corrected chi connectivity index (χ0v) is 11.0. The number of nitrogens with one attached hydrogen (secondary N) is 1. The Labute approximate surface area is 108 Å². The third-order valence-corrected chi connectivity index (χ3v) is 3.04. The molecule has 1 unspecified atom stereocenters. The Kier molecular flexibility index (Phi) is 4.47. The maximum Gasteiger partial charge on any atom is 0.0759 e. The van der Waals surface area contributed by atoms with Crippen molar-refractivity contribution < 1.29 is 0 Å². The van der Waals surface area contributed by atoms with Gasteiger partial charge in [0.15, 0.2) is 0 Å². The minimum Gasteiger partial charge on any atom is -0.309 e. The molecule has 1 atom stereocenters. The smallest absolute Gasteiger partial charge is 0.0759 e. The maximum absolute atomic E-state index is 4.11. The third-order valence-electron chi connectivity index (χ3n) is 3.04. The Morgan fingerprint density at radius 2 is 2.00 bits per heavy atom. The van der Waals surface area contributed by atoms with E-state index in [0.717, 1.165) is 25.2 Å². The number of benzene rings is 1. The SMILES string of the molecule is CCNC(Cc1ccccc1)c1cnnn1CC. The van der Waals surface area contributed by atoms with Crippen molar-refractivity contribution in [3.63, 3.8) is 0 Å². The lowest BCUT2D eigenvalue weighted by Crippen LogP contribution is -2.25. The van der Waals surface area contributed by atoms with E-state index in [1.165, 1.54) is 5.56 Å². The van der Waals surface area contributed by atoms with Gasteiger partial charge in [0.1, 0.15) is 0 Å². The Bertz CT molecular complexity index is 464. The summed E-state index contributed by atoms with van der Waals surface area (Å²) in [6, 6.07) is 10.8. The van der Waals surface area contributed by atoms with Crippen LogP contribution < -0.4 is 5.32 Å². The van der Waals surface area contributed by atoms with Crippen molar-refractivity contribution in [2.45, 2.75) is 32.9 Å². The monoisotopic (exact) mass is 244 g/mol. The second-order valence-corrected chi connectivity index (χ2v) is 4.27. The molecule has 2 aromatic rings. The molecule has 0 aliphatic carbocycles. The molecular weight excluding hydrogens is 224 g/mol. The van der Waals surface area contributed by atoms with Crippen LogP contribution in [0.25, 0.3) is 0 Å². The molecule has 0 saturated heterocycles. The molecule has 4 nitrogen and oxygen atoms in total. The van der Waals surface area contributed by atoms with Crippen LogP contribution in [0.3, 0.4) is 0 Å². The molecule has 1 aromatic heterocycles. The van der Waals surface area contributed by atoms with E-state index in [1.54, 1.807) is 0 Å². The van der Waals surface area contributed by atoms with Crippen molar-refractivity contribution in [1.29, 1.82) is 0 Å². The fraction of sp³-hybridized carbons (Fsp3) is 0.429. The van der Waals surface area contributed by atoms with E-state index in [2.05, 4.69) is 53.7 Å². The number of likely N-dealkylation sites (N-methyl/N-ethyl adjacent to an activating group) is 1. The zero-order chi connectivity index (χ0) is 12.8. The zero-order valence-electron chi connectivity index (χ0n) is 11.0. The van der Waals surface area contributed by atoms with Crippen molar-refractivity contribution in [1.82, 2.24) is 20.3 Å². The van der Waals surface area contributed by atoms with E-state index in [-0.39, 0.29) is 6.04 Å². The van der Waals surface area contributed by atoms with Crippen molar-refractivity contribution in [3.05, 3.63) is 47.8 Å². The molecule has 96 valence electrons. The average molecular weight is 244 g/mol. The van der Waals surface area contributed by atoms with E-state index in [9.17, 15) is 0 Å². The van der Waals surface area contributed by atoms with E-state index >= 15 is 0 Å². The summed E-state index contributed by atoms with van der Waals surface area (Å²) in [5.41, 5.74) is 2.48. The first-order chi connectivity index (χ1) is 8.85. The van der Waals surface area contributed by atoms with E-state index < -0.39 is 0 Å². The second kappa shape index (κ2) is 6.31. The Morgan fingerprint density at radius 1 is 1.22 bits per heavy atom. The lowest BCUT2D eigenvalue weighted by atomic mass is 10.0. The molecule has 0 saturated carbocycles. The van der Waals surface area contributed by atoms with Crippen LogP contribution in [0.5, 0.6) is 0 Å². The van der Waals surface area contributed by atoms with Crippen LogP contribution in [-0.2, 0) is 13.0 Å². The van der Waals surface area contributed by atoms with Gasteiger partial charge in [-0.2, -0.15) is 0 Å². The maximum atomic E-state index is 4.11. The predicted molar refractivity (Wildman–Crippen MR) is 72.3 cm³/mol. The number of hydrogen-bond donors (Lipinski definition) is 1. The molecule has 1 N–H and O–H groups in total. The number of hydrogen-bond acceptors (Lipinski definition) is 3. The normalized spacial score (nSPS) is 12.6. The molecule has 0 fully saturated rings. The van der Waals surface area contributed by atoms with Gasteiger partial charge in [-0.25, -0.2) is 4.68 Å². The number of rotatable bonds is 6. The van der Waals surface area contributed by atoms with Gasteiger partial charge in [-0.3, -0.25) is 0 Å². The van der Waals surface area contributed by atoms with Crippen molar-refractivity contribution in [3.8, 4) is 0 Å². The van der Waals surface area contributed by atoms with Gasteiger partial charge in [0.25, 0.3) is 0 Å². The van der Waals surface area contributed by atoms with Gasteiger partial charge < -0.3 is 5.32 Å². The summed E-state index contributed by atoms with van der Waals surface area (Å²) in [7, 11) is 0. The van der Waals surface area contributed by atoms with E-state index in [4.69, 9.17) is 0 Å². The summed E-state index contributed by atoms with van der Waals surface area (Å²) < 4.78 is 1.95. The minimum absolute atomic E-state index is 0.271. The fourth-order valence-electron chi connectivity index (χ4n) is 2.16. The van der Waals surface area contributed by atoms with Crippen LogP contribution in [0.4, 0.5) is 0 Å². The standard InChI is InChI=1S/C14H20N4/c1-3-15-13(10-12-8-6-5-7-9-12)14-11-16-17-18(14)4-2/h5-9,11,13,15H,3-4,10H2,1-2H3. The van der Waals surface area contributed by atoms with Crippen LogP contribution in [0.1, 0.15) is 31.1 Å². The first-order valence-corrected chi connectivity index (χ1v) is 6.50. The molecular formula is C14H20N4. The number of aryl methyl sites for hydroxylation is 1. The summed E-state index contributed by atoms with van der Waals surface area (Å²) in [5.74, 6) is 0. The summed E-state index contributed by atoms with van der Waals surface area (Å²) in [5, 5.41) is 11.6. The highest BCUT2D eigenvalue weighted by Crippen LogP contribution is 2.17. The molecule has 18 heavy (non-hydrogen) atoms. The predicted octanol–water partition coefficient (Wildman–Crippen LogP) is 2.19. The quantitative estimate of drug-likeness (QED) is 0.847. The molecule has 2 rings (SSSR count). The first-order valence-electron chi connectivity index (χ1n) is 6.50. The second-order valence-electron chi connectivity index (χ2n) is 4.27. The summed E-state index contributed by atoms with van der Waals surface area (Å²) in [6.45, 7) is 6.00. The highest BCUT2D eigenvalue weighted by atomic mass is 15.4. The molecule has 0 spiro atoms. The Hall–Kier alpha value is -1.68. The molecule has 1 heterocycles. The van der Waals surface area contributed by atoms with Crippen molar-refractivity contribution >= 4 is 0 Å². The summed E-state index contributed by atoms with van der Waals surface area (Å²) in [4.78, 5) is 0. The Balaban J connectivity index is 2.18. The summed E-state index contributed by atoms with van der Waals surface area (Å²) in [6.07, 6.45) is 2.82. The van der Waals surface area contributed by atoms with Crippen molar-refractivity contribution in [2.24, 2.45) is 0 Å². The van der Waals surface area contributed by atoms with Gasteiger partial charge in [0, 0.05) is 6.54 Å². The Morgan fingerprint density at radius 3 is 2.67 bits per heavy atom. The topological polar surface area (TPSA) is 42.7 Å². The van der Waals surface area contributed by atoms with Gasteiger partial charge in [0.05, 0.1) is 17.9 Å². The highest BCUT2D eigenvalue weighted by Gasteiger charge is 2.15. The van der Waals surface area contributed by atoms with Crippen LogP contribution in [-0.4, -0.2) is 21.5 Å². The average Bonchev–Trinajstić information content (AvgIpc) is 2.87. The van der Waals surface area contributed by atoms with Gasteiger partial charge in [-0.15, -0.1) is 5.10 Å². The number of aromatic nitrogens is 3. The van der Waals surface area contributed by atoms with Crippen LogP contribution >= 0.6 is 0 Å². The minimum atomic E-state index is 0.271. The third kappa shape index (κ3) is 2.96. The van der Waals surface area contributed by atoms with Crippen LogP contribution in [0, 0.1) is 0 Å². The number of nitrogens with zero attached hydrogens (tertiary/aromatic N) is 3. The highest BCUT2D eigenvalue weighted by molar-refractivity contribution is 5.18. The van der Waals surface area contributed by atoms with Gasteiger partial charge in [-0.05, 0) is 25.5 Å². The van der Waals surface area contributed by atoms with Crippen molar-refractivity contribution in [2.75, 3.05) is 6.54 Å². The molecule has 0 aliphatic heterocycles. The molecule has 4 heteroatoms. The van der Waals surface area contributed by atoms with E-state index in [1.807, 2.05) is 16.9 Å². The molecule has 0 amide bonds. The molecule has 0 bridgehead atoms. The lowest BCUT2D eigenvalue weighted by Gasteiger charge is -2.18. The van der Waals surface area contributed by atoms with Crippen LogP contribution in [0.2, 0.25) is 0 Å². The van der Waals surface area contributed by atoms with Gasteiger partial charge >= 0.3 is 0 Å².